The zero-order chi connectivity index (χ0) is 29.5. The molecule has 0 saturated heterocycles. The Morgan fingerprint density at radius 2 is 1.59 bits per heavy atom. The van der Waals surface area contributed by atoms with Crippen LogP contribution in [0.5, 0.6) is 0 Å². The first kappa shape index (κ1) is 32.6. The van der Waals surface area contributed by atoms with Gasteiger partial charge in [-0.3, -0.25) is 9.59 Å². The van der Waals surface area contributed by atoms with Gasteiger partial charge in [0, 0.05) is 25.7 Å². The van der Waals surface area contributed by atoms with E-state index in [0.29, 0.717) is 51.6 Å². The van der Waals surface area contributed by atoms with Crippen LogP contribution in [0.15, 0.2) is 72.8 Å². The third-order valence-corrected chi connectivity index (χ3v) is 7.83. The summed E-state index contributed by atoms with van der Waals surface area (Å²) in [6.45, 7) is 2.44. The van der Waals surface area contributed by atoms with Gasteiger partial charge in [0.2, 0.25) is 5.78 Å². The topological polar surface area (TPSA) is 72.8 Å². The number of hydrogen-bond acceptors (Lipinski definition) is 5. The molecular weight excluding hydrogens is 526 g/mol. The summed E-state index contributed by atoms with van der Waals surface area (Å²) in [5.74, 6) is -4.99. The molecule has 1 saturated carbocycles. The average molecular weight is 571 g/mol. The van der Waals surface area contributed by atoms with Crippen molar-refractivity contribution in [3.63, 3.8) is 0 Å². The summed E-state index contributed by atoms with van der Waals surface area (Å²) in [6.07, 6.45) is 6.11. The van der Waals surface area contributed by atoms with Crippen LogP contribution >= 0.6 is 0 Å². The van der Waals surface area contributed by atoms with Gasteiger partial charge in [0.15, 0.2) is 0 Å². The van der Waals surface area contributed by atoms with Crippen molar-refractivity contribution in [2.45, 2.75) is 102 Å². The second-order valence-corrected chi connectivity index (χ2v) is 11.0. The third kappa shape index (κ3) is 11.1. The lowest BCUT2D eigenvalue weighted by atomic mass is 9.85. The van der Waals surface area contributed by atoms with Gasteiger partial charge >= 0.3 is 11.9 Å². The Morgan fingerprint density at radius 1 is 0.927 bits per heavy atom. The highest BCUT2D eigenvalue weighted by Crippen LogP contribution is 2.41. The van der Waals surface area contributed by atoms with Gasteiger partial charge in [-0.1, -0.05) is 86.2 Å². The van der Waals surface area contributed by atoms with E-state index in [-0.39, 0.29) is 43.4 Å². The van der Waals surface area contributed by atoms with Gasteiger partial charge in [-0.05, 0) is 55.1 Å². The molecule has 0 amide bonds. The first-order chi connectivity index (χ1) is 19.8. The van der Waals surface area contributed by atoms with Crippen LogP contribution in [0.25, 0.3) is 0 Å². The summed E-state index contributed by atoms with van der Waals surface area (Å²) in [5.41, 5.74) is 1.94. The van der Waals surface area contributed by atoms with Crippen molar-refractivity contribution in [3.8, 4) is 0 Å². The van der Waals surface area contributed by atoms with E-state index in [2.05, 4.69) is 0 Å². The number of benzene rings is 2. The smallest absolute Gasteiger partial charge is 0.306 e. The average Bonchev–Trinajstić information content (AvgIpc) is 3.28. The molecule has 0 heterocycles. The molecule has 41 heavy (non-hydrogen) atoms. The number of aliphatic hydroxyl groups excluding tert-OH is 1. The van der Waals surface area contributed by atoms with Gasteiger partial charge in [-0.15, -0.1) is 0 Å². The zero-order valence-electron chi connectivity index (χ0n) is 24.1. The SMILES string of the molecule is CCCCC(F)(F)C(=O)CC[C@@H]1[C@@H](CC=CCCCC(=O)OCc2ccccc2)[C@@H](O)C[C@H]1OCc1ccccc1. The third-order valence-electron chi connectivity index (χ3n) is 7.83. The molecule has 2 aromatic rings. The van der Waals surface area contributed by atoms with Crippen molar-refractivity contribution >= 4 is 11.8 Å². The summed E-state index contributed by atoms with van der Waals surface area (Å²) in [4.78, 5) is 24.4. The Bertz CT molecular complexity index is 1070. The van der Waals surface area contributed by atoms with Crippen LogP contribution in [0, 0.1) is 11.8 Å². The minimum Gasteiger partial charge on any atom is -0.461 e. The van der Waals surface area contributed by atoms with Crippen molar-refractivity contribution in [2.24, 2.45) is 11.8 Å². The molecule has 1 N–H and O–H groups in total. The van der Waals surface area contributed by atoms with E-state index in [1.54, 1.807) is 0 Å². The maximum absolute atomic E-state index is 14.4. The molecule has 5 nitrogen and oxygen atoms in total. The van der Waals surface area contributed by atoms with E-state index in [0.717, 1.165) is 11.1 Å². The largest absolute Gasteiger partial charge is 0.461 e. The predicted molar refractivity (Wildman–Crippen MR) is 155 cm³/mol. The minimum absolute atomic E-state index is 0.195. The Labute approximate surface area is 242 Å². The molecule has 0 aromatic heterocycles. The molecule has 1 aliphatic rings. The fourth-order valence-electron chi connectivity index (χ4n) is 5.41. The van der Waals surface area contributed by atoms with Crippen LogP contribution < -0.4 is 0 Å². The number of Topliss-reactive ketones (excluding diaryl/α,β-unsaturated/α-hetero) is 1. The van der Waals surface area contributed by atoms with Crippen LogP contribution in [-0.4, -0.2) is 35.0 Å². The van der Waals surface area contributed by atoms with Crippen molar-refractivity contribution in [2.75, 3.05) is 0 Å². The lowest BCUT2D eigenvalue weighted by Gasteiger charge is -2.26. The van der Waals surface area contributed by atoms with Crippen LogP contribution in [0.3, 0.4) is 0 Å². The highest BCUT2D eigenvalue weighted by atomic mass is 19.3. The van der Waals surface area contributed by atoms with Gasteiger partial charge in [-0.25, -0.2) is 0 Å². The maximum atomic E-state index is 14.4. The van der Waals surface area contributed by atoms with E-state index in [4.69, 9.17) is 9.47 Å². The summed E-state index contributed by atoms with van der Waals surface area (Å²) in [6, 6.07) is 19.2. The van der Waals surface area contributed by atoms with Gasteiger partial charge in [-0.2, -0.15) is 8.78 Å². The molecule has 4 atom stereocenters. The predicted octanol–water partition coefficient (Wildman–Crippen LogP) is 7.60. The number of hydrogen-bond donors (Lipinski definition) is 1. The molecule has 0 bridgehead atoms. The first-order valence-corrected chi connectivity index (χ1v) is 14.9. The Hall–Kier alpha value is -2.90. The normalized spacial score (nSPS) is 20.9. The van der Waals surface area contributed by atoms with E-state index in [1.165, 1.54) is 0 Å². The Morgan fingerprint density at radius 3 is 2.24 bits per heavy atom. The molecule has 0 spiro atoms. The Kier molecular flexibility index (Phi) is 13.6. The van der Waals surface area contributed by atoms with E-state index in [9.17, 15) is 23.5 Å². The number of ketones is 1. The molecule has 0 aliphatic heterocycles. The standard InChI is InChI=1S/C34H44F2O5/c1-2-3-22-34(35,36)32(38)21-20-29-28(30(37)23-31(29)40-24-26-14-8-6-9-15-26)18-12-4-5-13-19-33(39)41-25-27-16-10-7-11-17-27/h4,6-12,14-17,28-31,37H,2-3,5,13,18-25H2,1H3/t28-,29-,30+,31-/m1/s1. The van der Waals surface area contributed by atoms with Crippen molar-refractivity contribution in [1.82, 2.24) is 0 Å². The second kappa shape index (κ2) is 17.1. The monoisotopic (exact) mass is 570 g/mol. The number of esters is 1. The highest BCUT2D eigenvalue weighted by Gasteiger charge is 2.44. The van der Waals surface area contributed by atoms with Crippen LogP contribution in [-0.2, 0) is 32.3 Å². The molecule has 1 aliphatic carbocycles. The van der Waals surface area contributed by atoms with Crippen molar-refractivity contribution in [3.05, 3.63) is 83.9 Å². The fraction of sp³-hybridized carbons (Fsp3) is 0.529. The van der Waals surface area contributed by atoms with Gasteiger partial charge in [0.1, 0.15) is 6.61 Å². The number of allylic oxidation sites excluding steroid dienone is 2. The number of ether oxygens (including phenoxy) is 2. The molecular formula is C34H44F2O5. The first-order valence-electron chi connectivity index (χ1n) is 14.9. The lowest BCUT2D eigenvalue weighted by Crippen LogP contribution is -2.31. The maximum Gasteiger partial charge on any atom is 0.306 e. The summed E-state index contributed by atoms with van der Waals surface area (Å²) >= 11 is 0. The zero-order valence-corrected chi connectivity index (χ0v) is 24.1. The summed E-state index contributed by atoms with van der Waals surface area (Å²) in [7, 11) is 0. The van der Waals surface area contributed by atoms with Gasteiger partial charge in [0.05, 0.1) is 18.8 Å². The van der Waals surface area contributed by atoms with E-state index in [1.807, 2.05) is 79.7 Å². The van der Waals surface area contributed by atoms with Crippen molar-refractivity contribution in [1.29, 1.82) is 0 Å². The van der Waals surface area contributed by atoms with Gasteiger partial charge < -0.3 is 14.6 Å². The molecule has 1 fully saturated rings. The summed E-state index contributed by atoms with van der Waals surface area (Å²) in [5, 5.41) is 10.9. The number of aliphatic hydroxyl groups is 1. The molecule has 0 unspecified atom stereocenters. The summed E-state index contributed by atoms with van der Waals surface area (Å²) < 4.78 is 40.2. The number of carbonyl (C=O) groups is 2. The quantitative estimate of drug-likeness (QED) is 0.113. The Balaban J connectivity index is 1.51. The number of unbranched alkanes of at least 4 members (excludes halogenated alkanes) is 2. The highest BCUT2D eigenvalue weighted by molar-refractivity contribution is 5.85. The van der Waals surface area contributed by atoms with Gasteiger partial charge in [0.25, 0.3) is 0 Å². The van der Waals surface area contributed by atoms with E-state index < -0.39 is 24.2 Å². The number of alkyl halides is 2. The van der Waals surface area contributed by atoms with Crippen LogP contribution in [0.4, 0.5) is 8.78 Å². The number of halogens is 2. The van der Waals surface area contributed by atoms with Crippen molar-refractivity contribution < 1.29 is 33.0 Å². The molecule has 7 heteroatoms. The fourth-order valence-corrected chi connectivity index (χ4v) is 5.41. The minimum atomic E-state index is -3.31. The molecule has 3 rings (SSSR count). The second-order valence-electron chi connectivity index (χ2n) is 11.0. The van der Waals surface area contributed by atoms with E-state index >= 15 is 0 Å². The number of carbonyl (C=O) groups excluding carboxylic acids is 2. The van der Waals surface area contributed by atoms with Crippen LogP contribution in [0.2, 0.25) is 0 Å². The van der Waals surface area contributed by atoms with Crippen LogP contribution in [0.1, 0.15) is 82.3 Å². The molecule has 224 valence electrons. The molecule has 2 aromatic carbocycles. The lowest BCUT2D eigenvalue weighted by molar-refractivity contribution is -0.145. The number of rotatable bonds is 18. The molecule has 0 radical (unpaired) electrons.